The van der Waals surface area contributed by atoms with Crippen molar-refractivity contribution in [3.8, 4) is 0 Å². The van der Waals surface area contributed by atoms with Crippen LogP contribution in [-0.4, -0.2) is 72.5 Å². The van der Waals surface area contributed by atoms with E-state index in [1.807, 2.05) is 18.2 Å². The van der Waals surface area contributed by atoms with E-state index in [0.29, 0.717) is 31.9 Å². The van der Waals surface area contributed by atoms with E-state index in [2.05, 4.69) is 17.0 Å². The van der Waals surface area contributed by atoms with Gasteiger partial charge < -0.3 is 9.80 Å². The second-order valence-electron chi connectivity index (χ2n) is 7.60. The molecule has 2 fully saturated rings. The number of hydrogen-bond donors (Lipinski definition) is 0. The average Bonchev–Trinajstić information content (AvgIpc) is 3.11. The van der Waals surface area contributed by atoms with Crippen LogP contribution in [0, 0.1) is 11.6 Å². The number of urea groups is 1. The number of carbonyl (C=O) groups excluding carboxylic acids is 2. The minimum atomic E-state index is -0.997. The fraction of sp³-hybridized carbons (Fsp3) is 0.364. The van der Waals surface area contributed by atoms with Gasteiger partial charge in [-0.2, -0.15) is 0 Å². The van der Waals surface area contributed by atoms with Gasteiger partial charge in [-0.3, -0.25) is 14.6 Å². The lowest BCUT2D eigenvalue weighted by Crippen LogP contribution is -2.51. The maximum Gasteiger partial charge on any atom is 0.325 e. The summed E-state index contributed by atoms with van der Waals surface area (Å²) in [5, 5.41) is 0. The fourth-order valence-corrected chi connectivity index (χ4v) is 3.88. The van der Waals surface area contributed by atoms with Crippen molar-refractivity contribution >= 4 is 17.6 Å². The molecule has 6 nitrogen and oxygen atoms in total. The summed E-state index contributed by atoms with van der Waals surface area (Å²) < 4.78 is 26.6. The second-order valence-corrected chi connectivity index (χ2v) is 7.60. The number of anilines is 1. The van der Waals surface area contributed by atoms with Crippen LogP contribution in [0.2, 0.25) is 0 Å². The zero-order chi connectivity index (χ0) is 21.1. The van der Waals surface area contributed by atoms with E-state index in [0.717, 1.165) is 31.8 Å². The third kappa shape index (κ3) is 4.43. The number of amides is 3. The Balaban J connectivity index is 1.28. The summed E-state index contributed by atoms with van der Waals surface area (Å²) in [5.41, 5.74) is 1.54. The summed E-state index contributed by atoms with van der Waals surface area (Å²) in [5.74, 6) is -2.04. The first-order valence-electron chi connectivity index (χ1n) is 10.1. The van der Waals surface area contributed by atoms with Crippen LogP contribution in [0.5, 0.6) is 0 Å². The van der Waals surface area contributed by atoms with Crippen molar-refractivity contribution in [1.29, 1.82) is 0 Å². The van der Waals surface area contributed by atoms with Crippen LogP contribution in [0.1, 0.15) is 5.56 Å². The fourth-order valence-electron chi connectivity index (χ4n) is 3.88. The first-order valence-corrected chi connectivity index (χ1v) is 10.1. The predicted molar refractivity (Wildman–Crippen MR) is 109 cm³/mol. The first-order chi connectivity index (χ1) is 14.5. The molecule has 3 amide bonds. The molecule has 2 aliphatic rings. The number of carbonyl (C=O) groups is 2. The highest BCUT2D eigenvalue weighted by Gasteiger charge is 2.33. The molecule has 2 heterocycles. The highest BCUT2D eigenvalue weighted by Crippen LogP contribution is 2.22. The number of piperazine rings is 1. The Kier molecular flexibility index (Phi) is 5.94. The number of hydrogen-bond acceptors (Lipinski definition) is 3. The molecule has 0 radical (unpaired) electrons. The van der Waals surface area contributed by atoms with Crippen molar-refractivity contribution in [3.63, 3.8) is 0 Å². The molecule has 4 rings (SSSR count). The standard InChI is InChI=1S/C22H24F2N4O2/c23-19-7-6-18(14-20(19)24)28-13-12-27(22(28)30)16-21(29)26-10-8-25(9-11-26)15-17-4-2-1-3-5-17/h1-7,14H,8-13,15-16H2. The van der Waals surface area contributed by atoms with Crippen molar-refractivity contribution in [2.75, 3.05) is 50.7 Å². The lowest BCUT2D eigenvalue weighted by Gasteiger charge is -2.35. The monoisotopic (exact) mass is 414 g/mol. The van der Waals surface area contributed by atoms with Gasteiger partial charge in [-0.1, -0.05) is 30.3 Å². The smallest absolute Gasteiger partial charge is 0.325 e. The van der Waals surface area contributed by atoms with Gasteiger partial charge >= 0.3 is 6.03 Å². The molecule has 8 heteroatoms. The summed E-state index contributed by atoms with van der Waals surface area (Å²) in [6, 6.07) is 13.2. The van der Waals surface area contributed by atoms with Gasteiger partial charge in [0, 0.05) is 57.6 Å². The van der Waals surface area contributed by atoms with Crippen molar-refractivity contribution in [2.45, 2.75) is 6.54 Å². The zero-order valence-electron chi connectivity index (χ0n) is 16.6. The van der Waals surface area contributed by atoms with Gasteiger partial charge in [0.15, 0.2) is 11.6 Å². The second kappa shape index (κ2) is 8.79. The molecule has 0 saturated carbocycles. The van der Waals surface area contributed by atoms with E-state index in [1.54, 1.807) is 4.90 Å². The summed E-state index contributed by atoms with van der Waals surface area (Å²) in [4.78, 5) is 32.2. The molecular formula is C22H24F2N4O2. The lowest BCUT2D eigenvalue weighted by molar-refractivity contribution is -0.133. The van der Waals surface area contributed by atoms with Crippen molar-refractivity contribution in [2.24, 2.45) is 0 Å². The minimum Gasteiger partial charge on any atom is -0.339 e. The maximum absolute atomic E-state index is 13.5. The van der Waals surface area contributed by atoms with Crippen molar-refractivity contribution in [3.05, 3.63) is 65.7 Å². The minimum absolute atomic E-state index is 0.00229. The van der Waals surface area contributed by atoms with Crippen molar-refractivity contribution < 1.29 is 18.4 Å². The van der Waals surface area contributed by atoms with Crippen LogP contribution in [0.3, 0.4) is 0 Å². The maximum atomic E-state index is 13.5. The Hall–Kier alpha value is -3.00. The van der Waals surface area contributed by atoms with E-state index < -0.39 is 11.6 Å². The van der Waals surface area contributed by atoms with Gasteiger partial charge in [-0.25, -0.2) is 13.6 Å². The van der Waals surface area contributed by atoms with E-state index in [-0.39, 0.29) is 18.5 Å². The zero-order valence-corrected chi connectivity index (χ0v) is 16.6. The van der Waals surface area contributed by atoms with Gasteiger partial charge in [0.2, 0.25) is 5.91 Å². The van der Waals surface area contributed by atoms with Crippen LogP contribution < -0.4 is 4.90 Å². The van der Waals surface area contributed by atoms with E-state index in [4.69, 9.17) is 0 Å². The Morgan fingerprint density at radius 1 is 0.867 bits per heavy atom. The molecule has 0 N–H and O–H groups in total. The summed E-state index contributed by atoms with van der Waals surface area (Å²) in [6.45, 7) is 4.39. The first kappa shape index (κ1) is 20.3. The molecule has 2 aromatic carbocycles. The molecule has 2 aliphatic heterocycles. The Morgan fingerprint density at radius 2 is 1.60 bits per heavy atom. The SMILES string of the molecule is O=C(CN1CCN(c2ccc(F)c(F)c2)C1=O)N1CCN(Cc2ccccc2)CC1. The largest absolute Gasteiger partial charge is 0.339 e. The third-order valence-electron chi connectivity index (χ3n) is 5.61. The quantitative estimate of drug-likeness (QED) is 0.756. The number of nitrogens with zero attached hydrogens (tertiary/aromatic N) is 4. The Labute approximate surface area is 174 Å². The van der Waals surface area contributed by atoms with Crippen LogP contribution in [0.15, 0.2) is 48.5 Å². The van der Waals surface area contributed by atoms with Gasteiger partial charge in [-0.15, -0.1) is 0 Å². The van der Waals surface area contributed by atoms with Crippen molar-refractivity contribution in [1.82, 2.24) is 14.7 Å². The van der Waals surface area contributed by atoms with E-state index in [9.17, 15) is 18.4 Å². The van der Waals surface area contributed by atoms with Gasteiger partial charge in [0.25, 0.3) is 0 Å². The molecule has 0 unspecified atom stereocenters. The molecule has 0 bridgehead atoms. The molecule has 2 aromatic rings. The molecule has 2 saturated heterocycles. The lowest BCUT2D eigenvalue weighted by atomic mass is 10.2. The van der Waals surface area contributed by atoms with E-state index in [1.165, 1.54) is 21.4 Å². The van der Waals surface area contributed by atoms with Crippen LogP contribution in [0.25, 0.3) is 0 Å². The average molecular weight is 414 g/mol. The normalized spacial score (nSPS) is 17.7. The van der Waals surface area contributed by atoms with Gasteiger partial charge in [-0.05, 0) is 17.7 Å². The molecule has 0 aromatic heterocycles. The Bertz CT molecular complexity index is 917. The molecule has 0 aliphatic carbocycles. The van der Waals surface area contributed by atoms with Gasteiger partial charge in [0.05, 0.1) is 0 Å². The molecule has 0 atom stereocenters. The Morgan fingerprint density at radius 3 is 2.30 bits per heavy atom. The summed E-state index contributed by atoms with van der Waals surface area (Å²) in [7, 11) is 0. The summed E-state index contributed by atoms with van der Waals surface area (Å²) in [6.07, 6.45) is 0. The molecule has 158 valence electrons. The molecular weight excluding hydrogens is 390 g/mol. The van der Waals surface area contributed by atoms with Crippen LogP contribution in [0.4, 0.5) is 19.3 Å². The number of rotatable bonds is 5. The third-order valence-corrected chi connectivity index (χ3v) is 5.61. The highest BCUT2D eigenvalue weighted by molar-refractivity contribution is 5.96. The number of benzene rings is 2. The van der Waals surface area contributed by atoms with Gasteiger partial charge in [0.1, 0.15) is 6.54 Å². The molecule has 30 heavy (non-hydrogen) atoms. The highest BCUT2D eigenvalue weighted by atomic mass is 19.2. The van der Waals surface area contributed by atoms with Crippen LogP contribution in [-0.2, 0) is 11.3 Å². The predicted octanol–water partition coefficient (Wildman–Crippen LogP) is 2.55. The number of halogens is 2. The van der Waals surface area contributed by atoms with E-state index >= 15 is 0 Å². The topological polar surface area (TPSA) is 47.1 Å². The summed E-state index contributed by atoms with van der Waals surface area (Å²) >= 11 is 0. The molecule has 0 spiro atoms. The van der Waals surface area contributed by atoms with Crippen LogP contribution >= 0.6 is 0 Å².